The number of thiazole rings is 1. The van der Waals surface area contributed by atoms with Crippen molar-refractivity contribution in [1.82, 2.24) is 24.6 Å². The van der Waals surface area contributed by atoms with Crippen LogP contribution in [0.4, 0.5) is 4.39 Å². The number of rotatable bonds is 1. The number of nitrogens with one attached hydrogen (secondary N) is 1. The predicted octanol–water partition coefficient (Wildman–Crippen LogP) is 9.00. The maximum Gasteiger partial charge on any atom is 0.352 e. The summed E-state index contributed by atoms with van der Waals surface area (Å²) in [5.74, 6) is 0.127. The molecule has 252 valence electrons. The molecule has 0 saturated carbocycles. The average molecular weight is 716 g/mol. The van der Waals surface area contributed by atoms with E-state index in [0.717, 1.165) is 90.5 Å². The summed E-state index contributed by atoms with van der Waals surface area (Å²) in [4.78, 5) is 19.9. The van der Waals surface area contributed by atoms with E-state index in [9.17, 15) is 14.3 Å². The molecule has 2 aliphatic heterocycles. The number of carboxylic acids is 1. The molecule has 5 heterocycles. The van der Waals surface area contributed by atoms with Crippen LogP contribution in [0.5, 0.6) is 5.75 Å². The first kappa shape index (κ1) is 32.3. The van der Waals surface area contributed by atoms with Crippen LogP contribution >= 0.6 is 34.7 Å². The second-order valence-corrected chi connectivity index (χ2v) is 15.4. The zero-order valence-electron chi connectivity index (χ0n) is 27.4. The smallest absolute Gasteiger partial charge is 0.352 e. The van der Waals surface area contributed by atoms with Crippen LogP contribution in [-0.2, 0) is 32.3 Å². The third kappa shape index (κ3) is 5.70. The van der Waals surface area contributed by atoms with Gasteiger partial charge in [-0.3, -0.25) is 4.68 Å². The molecule has 3 aromatic carbocycles. The minimum absolute atomic E-state index is 0.0136. The van der Waals surface area contributed by atoms with E-state index in [4.69, 9.17) is 26.4 Å². The molecule has 2 N–H and O–H groups in total. The van der Waals surface area contributed by atoms with Gasteiger partial charge >= 0.3 is 5.97 Å². The first-order valence-electron chi connectivity index (χ1n) is 16.5. The highest BCUT2D eigenvalue weighted by atomic mass is 35.5. The van der Waals surface area contributed by atoms with Crippen LogP contribution in [0.2, 0.25) is 5.02 Å². The summed E-state index contributed by atoms with van der Waals surface area (Å²) in [6.07, 6.45) is 2.99. The van der Waals surface area contributed by atoms with Crippen molar-refractivity contribution in [2.45, 2.75) is 69.3 Å². The second-order valence-electron chi connectivity index (χ2n) is 12.8. The molecule has 8 bridgehead atoms. The number of benzene rings is 3. The largest absolute Gasteiger partial charge is 0.493 e. The van der Waals surface area contributed by atoms with Crippen LogP contribution in [0.25, 0.3) is 32.8 Å². The molecule has 0 amide bonds. The highest BCUT2D eigenvalue weighted by Gasteiger charge is 2.32. The summed E-state index contributed by atoms with van der Waals surface area (Å²) in [5, 5.41) is 23.3. The lowest BCUT2D eigenvalue weighted by molar-refractivity contribution is 0.0685. The van der Waals surface area contributed by atoms with Gasteiger partial charge in [0, 0.05) is 57.6 Å². The Hall–Kier alpha value is -3.90. The van der Waals surface area contributed by atoms with Crippen molar-refractivity contribution in [2.24, 2.45) is 7.05 Å². The highest BCUT2D eigenvalue weighted by Crippen LogP contribution is 2.45. The summed E-state index contributed by atoms with van der Waals surface area (Å²) in [7, 11) is 1.81. The molecule has 0 aliphatic carbocycles. The third-order valence-corrected chi connectivity index (χ3v) is 12.4. The summed E-state index contributed by atoms with van der Waals surface area (Å²) in [5.41, 5.74) is 6.49. The number of halogens is 2. The molecule has 8 rings (SSSR count). The molecule has 0 spiro atoms. The van der Waals surface area contributed by atoms with Gasteiger partial charge in [-0.15, -0.1) is 23.1 Å². The van der Waals surface area contributed by atoms with Crippen LogP contribution in [0.1, 0.15) is 68.3 Å². The van der Waals surface area contributed by atoms with Crippen LogP contribution in [0.3, 0.4) is 0 Å². The van der Waals surface area contributed by atoms with Crippen LogP contribution < -0.4 is 10.1 Å². The van der Waals surface area contributed by atoms with E-state index in [1.807, 2.05) is 38.2 Å². The number of aryl methyl sites for hydroxylation is 5. The van der Waals surface area contributed by atoms with Gasteiger partial charge in [0.2, 0.25) is 0 Å². The van der Waals surface area contributed by atoms with Crippen molar-refractivity contribution < 1.29 is 19.0 Å². The van der Waals surface area contributed by atoms with Crippen LogP contribution in [0, 0.1) is 19.7 Å². The van der Waals surface area contributed by atoms with Gasteiger partial charge in [-0.25, -0.2) is 14.2 Å². The average Bonchev–Trinajstić information content (AvgIpc) is 3.70. The highest BCUT2D eigenvalue weighted by molar-refractivity contribution is 7.98. The lowest BCUT2D eigenvalue weighted by Crippen LogP contribution is -2.28. The van der Waals surface area contributed by atoms with Gasteiger partial charge < -0.3 is 19.7 Å². The molecule has 6 aromatic rings. The predicted molar refractivity (Wildman–Crippen MR) is 194 cm³/mol. The second kappa shape index (κ2) is 12.8. The van der Waals surface area contributed by atoms with Crippen molar-refractivity contribution in [2.75, 3.05) is 6.61 Å². The van der Waals surface area contributed by atoms with Crippen molar-refractivity contribution in [3.05, 3.63) is 91.5 Å². The number of nitrogens with zero attached hydrogens (tertiary/aromatic N) is 4. The van der Waals surface area contributed by atoms with Gasteiger partial charge in [-0.1, -0.05) is 17.7 Å². The van der Waals surface area contributed by atoms with Crippen molar-refractivity contribution >= 4 is 62.3 Å². The molecule has 8 nitrogen and oxygen atoms in total. The molecule has 2 aliphatic rings. The fraction of sp³-hybridized carbons (Fsp3) is 0.324. The minimum atomic E-state index is -0.990. The maximum absolute atomic E-state index is 14.3. The summed E-state index contributed by atoms with van der Waals surface area (Å²) >= 11 is 10.5. The molecule has 12 heteroatoms. The number of hydrogen-bond donors (Lipinski definition) is 2. The van der Waals surface area contributed by atoms with E-state index in [0.29, 0.717) is 36.8 Å². The number of carbonyl (C=O) groups is 1. The molecule has 49 heavy (non-hydrogen) atoms. The summed E-state index contributed by atoms with van der Waals surface area (Å²) in [6, 6.07) is 12.6. The topological polar surface area (TPSA) is 94.2 Å². The third-order valence-electron chi connectivity index (χ3n) is 9.71. The lowest BCUT2D eigenvalue weighted by atomic mass is 9.93. The number of ether oxygens (including phenoxy) is 1. The maximum atomic E-state index is 14.3. The van der Waals surface area contributed by atoms with Crippen molar-refractivity contribution in [3.63, 3.8) is 0 Å². The molecular weight excluding hydrogens is 681 g/mol. The Bertz CT molecular complexity index is 2290. The molecule has 0 fully saturated rings. The van der Waals surface area contributed by atoms with Gasteiger partial charge in [0.1, 0.15) is 22.3 Å². The Labute approximate surface area is 296 Å². The van der Waals surface area contributed by atoms with E-state index >= 15 is 0 Å². The van der Waals surface area contributed by atoms with Crippen molar-refractivity contribution in [3.8, 4) is 16.9 Å². The zero-order valence-corrected chi connectivity index (χ0v) is 29.8. The van der Waals surface area contributed by atoms with E-state index in [1.54, 1.807) is 33.7 Å². The van der Waals surface area contributed by atoms with E-state index < -0.39 is 5.97 Å². The molecule has 0 unspecified atom stereocenters. The Morgan fingerprint density at radius 2 is 1.94 bits per heavy atom. The molecule has 1 atom stereocenters. The number of hydrogen-bond acceptors (Lipinski definition) is 7. The molecule has 0 radical (unpaired) electrons. The summed E-state index contributed by atoms with van der Waals surface area (Å²) < 4.78 is 24.6. The van der Waals surface area contributed by atoms with Crippen LogP contribution in [-0.4, -0.2) is 37.0 Å². The van der Waals surface area contributed by atoms with E-state index in [2.05, 4.69) is 16.9 Å². The Morgan fingerprint density at radius 3 is 2.78 bits per heavy atom. The normalized spacial score (nSPS) is 16.8. The van der Waals surface area contributed by atoms with Crippen molar-refractivity contribution in [1.29, 1.82) is 0 Å². The van der Waals surface area contributed by atoms with Gasteiger partial charge in [0.15, 0.2) is 0 Å². The lowest BCUT2D eigenvalue weighted by Gasteiger charge is -2.26. The fourth-order valence-electron chi connectivity index (χ4n) is 7.55. The SMILES string of the molecule is Cc1nc2sc1CSc1cc(c3ccc(F)cc3c1)OCCCc1c(C(=O)O)n(C)c3c(c(Cl)ccc13)-c1c(C)nn3c1[C@@H](CCC3)NC2. The monoisotopic (exact) mass is 715 g/mol. The van der Waals surface area contributed by atoms with Crippen LogP contribution in [0.15, 0.2) is 47.4 Å². The Morgan fingerprint density at radius 1 is 1.10 bits per heavy atom. The quantitative estimate of drug-likeness (QED) is 0.176. The standard InChI is InChI=1S/C37H35ClFN5O3S2/c1-19-30-18-48-23-15-21-14-22(39)8-9-24(21)29(16-23)47-13-5-6-25-26-10-11-27(38)33(34(26)43(3)35(25)37(45)46)32-20(2)42-44-12-4-7-28(36(32)44)40-17-31(41-19)49-30/h8-11,14-16,28,40H,4-7,12-13,17-18H2,1-3H3,(H,45,46)/t28-/m1/s1. The van der Waals surface area contributed by atoms with Gasteiger partial charge in [-0.2, -0.15) is 5.10 Å². The van der Waals surface area contributed by atoms with Gasteiger partial charge in [0.25, 0.3) is 0 Å². The molecule has 0 saturated heterocycles. The van der Waals surface area contributed by atoms with E-state index in [-0.39, 0.29) is 17.6 Å². The zero-order chi connectivity index (χ0) is 34.0. The first-order valence-corrected chi connectivity index (χ1v) is 18.6. The fourth-order valence-corrected chi connectivity index (χ4v) is 9.93. The number of carboxylic acid groups (broad SMARTS) is 1. The summed E-state index contributed by atoms with van der Waals surface area (Å²) in [6.45, 7) is 5.83. The number of fused-ring (bicyclic) bond motifs is 7. The van der Waals surface area contributed by atoms with E-state index in [1.165, 1.54) is 17.0 Å². The Kier molecular flexibility index (Phi) is 8.42. The van der Waals surface area contributed by atoms with Gasteiger partial charge in [0.05, 0.1) is 40.3 Å². The molecular formula is C37H35ClFN5O3S2. The molecule has 3 aromatic heterocycles. The number of aromatic carboxylic acids is 1. The minimum Gasteiger partial charge on any atom is -0.493 e. The number of thioether (sulfide) groups is 1. The Balaban J connectivity index is 1.28. The first-order chi connectivity index (χ1) is 23.7. The van der Waals surface area contributed by atoms with Gasteiger partial charge in [-0.05, 0) is 86.9 Å². The number of aromatic nitrogens is 4.